The van der Waals surface area contributed by atoms with E-state index in [1.54, 1.807) is 0 Å². The van der Waals surface area contributed by atoms with E-state index in [2.05, 4.69) is 28.4 Å². The number of rotatable bonds is 7. The average molecular weight is 361 g/mol. The van der Waals surface area contributed by atoms with E-state index < -0.39 is 0 Å². The zero-order valence-corrected chi connectivity index (χ0v) is 15.7. The van der Waals surface area contributed by atoms with E-state index in [0.29, 0.717) is 18.2 Å². The number of ether oxygens (including phenoxy) is 1. The summed E-state index contributed by atoms with van der Waals surface area (Å²) in [4.78, 5) is 2.66. The summed E-state index contributed by atoms with van der Waals surface area (Å²) < 4.78 is 5.93. The van der Waals surface area contributed by atoms with Crippen molar-refractivity contribution in [1.29, 1.82) is 5.26 Å². The van der Waals surface area contributed by atoms with Crippen LogP contribution < -0.4 is 10.1 Å². The van der Waals surface area contributed by atoms with E-state index in [1.807, 2.05) is 36.4 Å². The van der Waals surface area contributed by atoms with Crippen LogP contribution in [0, 0.1) is 11.3 Å². The third-order valence-corrected chi connectivity index (χ3v) is 5.62. The zero-order chi connectivity index (χ0) is 18.5. The summed E-state index contributed by atoms with van der Waals surface area (Å²) in [5.74, 6) is 0.852. The van der Waals surface area contributed by atoms with Crippen LogP contribution in [0.5, 0.6) is 5.75 Å². The van der Waals surface area contributed by atoms with Crippen LogP contribution in [-0.4, -0.2) is 30.1 Å². The van der Waals surface area contributed by atoms with Crippen molar-refractivity contribution in [1.82, 2.24) is 10.2 Å². The second-order valence-electron chi connectivity index (χ2n) is 7.63. The molecule has 2 aromatic carbocycles. The van der Waals surface area contributed by atoms with E-state index in [1.165, 1.54) is 44.3 Å². The van der Waals surface area contributed by atoms with E-state index in [9.17, 15) is 5.26 Å². The van der Waals surface area contributed by atoms with Crippen molar-refractivity contribution in [2.75, 3.05) is 13.1 Å². The van der Waals surface area contributed by atoms with Crippen LogP contribution in [0.3, 0.4) is 0 Å². The Kier molecular flexibility index (Phi) is 5.72. The van der Waals surface area contributed by atoms with Crippen LogP contribution in [-0.2, 0) is 13.2 Å². The molecule has 1 saturated heterocycles. The molecule has 1 heterocycles. The lowest BCUT2D eigenvalue weighted by molar-refractivity contribution is 0.189. The smallest absolute Gasteiger partial charge is 0.120 e. The van der Waals surface area contributed by atoms with Gasteiger partial charge in [-0.15, -0.1) is 0 Å². The molecule has 0 unspecified atom stereocenters. The van der Waals surface area contributed by atoms with Crippen molar-refractivity contribution in [3.8, 4) is 11.8 Å². The van der Waals surface area contributed by atoms with Gasteiger partial charge >= 0.3 is 0 Å². The second-order valence-corrected chi connectivity index (χ2v) is 7.63. The summed E-state index contributed by atoms with van der Waals surface area (Å²) in [6.07, 6.45) is 5.31. The van der Waals surface area contributed by atoms with E-state index in [-0.39, 0.29) is 0 Å². The summed E-state index contributed by atoms with van der Waals surface area (Å²) >= 11 is 0. The lowest BCUT2D eigenvalue weighted by Crippen LogP contribution is -2.43. The lowest BCUT2D eigenvalue weighted by Gasteiger charge is -2.32. The van der Waals surface area contributed by atoms with Crippen LogP contribution in [0.15, 0.2) is 48.5 Å². The molecule has 2 aromatic rings. The molecule has 0 bridgehead atoms. The van der Waals surface area contributed by atoms with Gasteiger partial charge in [-0.2, -0.15) is 5.26 Å². The maximum Gasteiger partial charge on any atom is 0.120 e. The van der Waals surface area contributed by atoms with Gasteiger partial charge in [0, 0.05) is 24.2 Å². The number of likely N-dealkylation sites (tertiary alicyclic amines) is 1. The van der Waals surface area contributed by atoms with Gasteiger partial charge in [-0.1, -0.05) is 30.3 Å². The van der Waals surface area contributed by atoms with Crippen molar-refractivity contribution >= 4 is 0 Å². The summed E-state index contributed by atoms with van der Waals surface area (Å²) in [5.41, 5.74) is 2.84. The molecular weight excluding hydrogens is 334 g/mol. The Bertz CT molecular complexity index is 801. The lowest BCUT2D eigenvalue weighted by atomic mass is 10.0. The quantitative estimate of drug-likeness (QED) is 0.814. The molecule has 0 amide bonds. The predicted octanol–water partition coefficient (Wildman–Crippen LogP) is 3.85. The normalized spacial score (nSPS) is 18.2. The van der Waals surface area contributed by atoms with Gasteiger partial charge in [-0.3, -0.25) is 0 Å². The number of benzene rings is 2. The van der Waals surface area contributed by atoms with Gasteiger partial charge < -0.3 is 15.0 Å². The Hall–Kier alpha value is -2.35. The van der Waals surface area contributed by atoms with Crippen LogP contribution in [0.1, 0.15) is 42.4 Å². The Morgan fingerprint density at radius 1 is 1.04 bits per heavy atom. The molecule has 0 aromatic heterocycles. The third kappa shape index (κ3) is 4.88. The molecule has 2 aliphatic rings. The fourth-order valence-electron chi connectivity index (χ4n) is 3.83. The Balaban J connectivity index is 1.27. The highest BCUT2D eigenvalue weighted by Gasteiger charge is 2.31. The number of hydrogen-bond acceptors (Lipinski definition) is 4. The first kappa shape index (κ1) is 18.0. The monoisotopic (exact) mass is 361 g/mol. The van der Waals surface area contributed by atoms with Crippen molar-refractivity contribution in [3.63, 3.8) is 0 Å². The van der Waals surface area contributed by atoms with Gasteiger partial charge in [0.05, 0.1) is 11.6 Å². The van der Waals surface area contributed by atoms with E-state index in [0.717, 1.165) is 23.9 Å². The van der Waals surface area contributed by atoms with Gasteiger partial charge in [0.15, 0.2) is 0 Å². The first-order valence-electron chi connectivity index (χ1n) is 9.99. The molecule has 1 N–H and O–H groups in total. The SMILES string of the molecule is N#Cc1ccccc1COc1cccc(CNC2CCN(C3CC3)CC2)c1. The van der Waals surface area contributed by atoms with E-state index >= 15 is 0 Å². The Labute approximate surface area is 161 Å². The van der Waals surface area contributed by atoms with Crippen molar-refractivity contribution in [2.45, 2.75) is 50.9 Å². The summed E-state index contributed by atoms with van der Waals surface area (Å²) in [6, 6.07) is 19.6. The predicted molar refractivity (Wildman–Crippen MR) is 106 cm³/mol. The highest BCUT2D eigenvalue weighted by atomic mass is 16.5. The molecular formula is C23H27N3O. The summed E-state index contributed by atoms with van der Waals surface area (Å²) in [6.45, 7) is 3.77. The number of nitrogens with one attached hydrogen (secondary N) is 1. The molecule has 27 heavy (non-hydrogen) atoms. The van der Waals surface area contributed by atoms with Gasteiger partial charge in [-0.05, 0) is 62.5 Å². The fourth-order valence-corrected chi connectivity index (χ4v) is 3.83. The topological polar surface area (TPSA) is 48.3 Å². The highest BCUT2D eigenvalue weighted by molar-refractivity contribution is 5.37. The second kappa shape index (κ2) is 8.56. The fraction of sp³-hybridized carbons (Fsp3) is 0.435. The first-order chi connectivity index (χ1) is 13.3. The molecule has 0 radical (unpaired) electrons. The molecule has 1 aliphatic carbocycles. The van der Waals surface area contributed by atoms with Gasteiger partial charge in [0.1, 0.15) is 12.4 Å². The minimum Gasteiger partial charge on any atom is -0.489 e. The number of nitrogens with zero attached hydrogens (tertiary/aromatic N) is 2. The third-order valence-electron chi connectivity index (χ3n) is 5.62. The number of nitriles is 1. The van der Waals surface area contributed by atoms with Crippen molar-refractivity contribution in [3.05, 3.63) is 65.2 Å². The van der Waals surface area contributed by atoms with Crippen LogP contribution in [0.2, 0.25) is 0 Å². The molecule has 1 saturated carbocycles. The average Bonchev–Trinajstić information content (AvgIpc) is 3.57. The molecule has 4 nitrogen and oxygen atoms in total. The number of piperidine rings is 1. The van der Waals surface area contributed by atoms with Gasteiger partial charge in [-0.25, -0.2) is 0 Å². The minimum absolute atomic E-state index is 0.417. The molecule has 2 fully saturated rings. The van der Waals surface area contributed by atoms with Crippen LogP contribution in [0.4, 0.5) is 0 Å². The van der Waals surface area contributed by atoms with Crippen molar-refractivity contribution < 1.29 is 4.74 Å². The van der Waals surface area contributed by atoms with Gasteiger partial charge in [0.2, 0.25) is 0 Å². The first-order valence-corrected chi connectivity index (χ1v) is 9.99. The van der Waals surface area contributed by atoms with Crippen LogP contribution >= 0.6 is 0 Å². The van der Waals surface area contributed by atoms with E-state index in [4.69, 9.17) is 4.74 Å². The molecule has 4 rings (SSSR count). The Morgan fingerprint density at radius 3 is 2.63 bits per heavy atom. The summed E-state index contributed by atoms with van der Waals surface area (Å²) in [7, 11) is 0. The zero-order valence-electron chi connectivity index (χ0n) is 15.7. The molecule has 140 valence electrons. The molecule has 0 spiro atoms. The maximum atomic E-state index is 9.19. The Morgan fingerprint density at radius 2 is 1.85 bits per heavy atom. The standard InChI is InChI=1S/C23H27N3O/c24-15-19-5-1-2-6-20(19)17-27-23-7-3-4-18(14-23)16-25-21-10-12-26(13-11-21)22-8-9-22/h1-7,14,21-22,25H,8-13,16-17H2. The highest BCUT2D eigenvalue weighted by Crippen LogP contribution is 2.29. The largest absolute Gasteiger partial charge is 0.489 e. The summed E-state index contributed by atoms with van der Waals surface area (Å²) in [5, 5.41) is 12.9. The molecule has 1 aliphatic heterocycles. The molecule has 0 atom stereocenters. The van der Waals surface area contributed by atoms with Crippen LogP contribution in [0.25, 0.3) is 0 Å². The maximum absolute atomic E-state index is 9.19. The van der Waals surface area contributed by atoms with Crippen molar-refractivity contribution in [2.24, 2.45) is 0 Å². The van der Waals surface area contributed by atoms with Gasteiger partial charge in [0.25, 0.3) is 0 Å². The molecule has 4 heteroatoms. The minimum atomic E-state index is 0.417. The number of hydrogen-bond donors (Lipinski definition) is 1.